The Morgan fingerprint density at radius 3 is 2.16 bits per heavy atom. The monoisotopic (exact) mass is 658 g/mol. The molecule has 1 aliphatic heterocycles. The van der Waals surface area contributed by atoms with Gasteiger partial charge in [-0.3, -0.25) is 0 Å². The fraction of sp³-hybridized carbons (Fsp3) is 0.167. The van der Waals surface area contributed by atoms with Crippen molar-refractivity contribution in [2.24, 2.45) is 9.98 Å². The van der Waals surface area contributed by atoms with E-state index in [1.807, 2.05) is 6.07 Å². The van der Waals surface area contributed by atoms with Crippen LogP contribution in [0, 0.1) is 0 Å². The topological polar surface area (TPSA) is 37.9 Å². The molecule has 3 nitrogen and oxygen atoms in total. The van der Waals surface area contributed by atoms with E-state index in [0.29, 0.717) is 0 Å². The molecule has 0 N–H and O–H groups in total. The van der Waals surface area contributed by atoms with Gasteiger partial charge >= 0.3 is 0 Å². The first-order chi connectivity index (χ1) is 24.8. The summed E-state index contributed by atoms with van der Waals surface area (Å²) in [5, 5.41) is 2.36. The Morgan fingerprint density at radius 1 is 0.549 bits per heavy atom. The standard InChI is InChI=1S/C48H38N2O/c1-47(2)36-19-10-8-16-31(36)32-25-24-30(28-38(32)47)40-22-13-21-39(29-14-6-5-7-15-29)49-46(50-40)35-18-12-20-37-43(35)34-26-27-42-44(45(34)48(37,3)4)33-17-9-11-23-41(33)51-42/h5-12,14-20,22-28H,13,21H2,1-4H3. The molecule has 0 bridgehead atoms. The molecule has 0 fully saturated rings. The van der Waals surface area contributed by atoms with Crippen LogP contribution in [0.5, 0.6) is 0 Å². The highest BCUT2D eigenvalue weighted by Crippen LogP contribution is 2.54. The maximum Gasteiger partial charge on any atom is 0.160 e. The van der Waals surface area contributed by atoms with Gasteiger partial charge in [0.1, 0.15) is 11.2 Å². The molecule has 7 aromatic rings. The number of rotatable bonds is 3. The number of nitrogens with zero attached hydrogens (tertiary/aromatic N) is 2. The molecule has 0 saturated heterocycles. The molecule has 0 unspecified atom stereocenters. The second kappa shape index (κ2) is 10.8. The van der Waals surface area contributed by atoms with Gasteiger partial charge in [-0.05, 0) is 81.1 Å². The SMILES string of the molecule is CC1(C)c2ccccc2-c2ccc(C3=CCCC(c4ccccc4)=NC(c4cccc5c4-c4ccc6oc7ccccc7c6c4C5(C)C)=N3)cc21. The van der Waals surface area contributed by atoms with Crippen LogP contribution in [0.1, 0.15) is 79.5 Å². The number of fused-ring (bicyclic) bond motifs is 10. The number of amidine groups is 1. The van der Waals surface area contributed by atoms with Crippen molar-refractivity contribution in [2.75, 3.05) is 0 Å². The lowest BCUT2D eigenvalue weighted by molar-refractivity contribution is 0.657. The van der Waals surface area contributed by atoms with E-state index in [1.54, 1.807) is 0 Å². The van der Waals surface area contributed by atoms with Gasteiger partial charge in [-0.25, -0.2) is 9.98 Å². The molecule has 0 amide bonds. The Hall–Kier alpha value is -5.80. The zero-order chi connectivity index (χ0) is 34.5. The zero-order valence-corrected chi connectivity index (χ0v) is 29.4. The summed E-state index contributed by atoms with van der Waals surface area (Å²) in [5.41, 5.74) is 17.3. The van der Waals surface area contributed by atoms with Crippen molar-refractivity contribution in [3.8, 4) is 22.3 Å². The van der Waals surface area contributed by atoms with Crippen LogP contribution in [0.15, 0.2) is 148 Å². The Labute approximate surface area is 298 Å². The predicted octanol–water partition coefficient (Wildman–Crippen LogP) is 12.3. The summed E-state index contributed by atoms with van der Waals surface area (Å²) in [6.07, 6.45) is 4.00. The second-order valence-electron chi connectivity index (χ2n) is 15.2. The van der Waals surface area contributed by atoms with Crippen molar-refractivity contribution >= 4 is 39.2 Å². The highest BCUT2D eigenvalue weighted by Gasteiger charge is 2.40. The number of aliphatic imine (C=N–C) groups is 2. The van der Waals surface area contributed by atoms with Gasteiger partial charge in [-0.1, -0.05) is 143 Å². The van der Waals surface area contributed by atoms with Gasteiger partial charge in [0.15, 0.2) is 5.84 Å². The number of hydrogen-bond acceptors (Lipinski definition) is 3. The smallest absolute Gasteiger partial charge is 0.160 e. The number of furan rings is 1. The van der Waals surface area contributed by atoms with Gasteiger partial charge in [0, 0.05) is 32.7 Å². The lowest BCUT2D eigenvalue weighted by Gasteiger charge is -2.23. The number of allylic oxidation sites excluding steroid dienone is 1. The van der Waals surface area contributed by atoms with Crippen LogP contribution in [-0.4, -0.2) is 11.5 Å². The summed E-state index contributed by atoms with van der Waals surface area (Å²) < 4.78 is 6.39. The van der Waals surface area contributed by atoms with Gasteiger partial charge < -0.3 is 4.42 Å². The summed E-state index contributed by atoms with van der Waals surface area (Å²) in [6, 6.07) is 45.8. The van der Waals surface area contributed by atoms with E-state index in [2.05, 4.69) is 155 Å². The third kappa shape index (κ3) is 4.37. The summed E-state index contributed by atoms with van der Waals surface area (Å²) in [6.45, 7) is 9.37. The van der Waals surface area contributed by atoms with Crippen LogP contribution in [0.2, 0.25) is 0 Å². The van der Waals surface area contributed by atoms with E-state index in [9.17, 15) is 0 Å². The molecule has 0 atom stereocenters. The zero-order valence-electron chi connectivity index (χ0n) is 29.4. The van der Waals surface area contributed by atoms with Crippen LogP contribution in [-0.2, 0) is 10.8 Å². The van der Waals surface area contributed by atoms with Crippen molar-refractivity contribution in [3.63, 3.8) is 0 Å². The van der Waals surface area contributed by atoms with Crippen molar-refractivity contribution in [2.45, 2.75) is 51.4 Å². The summed E-state index contributed by atoms with van der Waals surface area (Å²) in [5.74, 6) is 0.750. The molecule has 0 saturated carbocycles. The van der Waals surface area contributed by atoms with E-state index >= 15 is 0 Å². The lowest BCUT2D eigenvalue weighted by atomic mass is 9.80. The predicted molar refractivity (Wildman–Crippen MR) is 212 cm³/mol. The normalized spacial score (nSPS) is 16.7. The third-order valence-corrected chi connectivity index (χ3v) is 11.6. The first-order valence-electron chi connectivity index (χ1n) is 18.1. The fourth-order valence-corrected chi connectivity index (χ4v) is 9.08. The first-order valence-corrected chi connectivity index (χ1v) is 18.1. The van der Waals surface area contributed by atoms with Gasteiger partial charge in [0.2, 0.25) is 0 Å². The molecule has 1 aromatic heterocycles. The Bertz CT molecular complexity index is 2680. The number of hydrogen-bond donors (Lipinski definition) is 0. The van der Waals surface area contributed by atoms with E-state index in [4.69, 9.17) is 14.4 Å². The number of para-hydroxylation sites is 1. The van der Waals surface area contributed by atoms with Gasteiger partial charge in [-0.15, -0.1) is 0 Å². The van der Waals surface area contributed by atoms with Crippen LogP contribution in [0.25, 0.3) is 49.9 Å². The van der Waals surface area contributed by atoms with Crippen molar-refractivity contribution < 1.29 is 4.42 Å². The van der Waals surface area contributed by atoms with Crippen LogP contribution >= 0.6 is 0 Å². The summed E-state index contributed by atoms with van der Waals surface area (Å²) in [4.78, 5) is 11.0. The largest absolute Gasteiger partial charge is 0.456 e. The Balaban J connectivity index is 1.19. The third-order valence-electron chi connectivity index (χ3n) is 11.6. The minimum absolute atomic E-state index is 0.0899. The highest BCUT2D eigenvalue weighted by atomic mass is 16.3. The lowest BCUT2D eigenvalue weighted by Crippen LogP contribution is -2.16. The molecule has 246 valence electrons. The molecule has 2 aliphatic carbocycles. The average molecular weight is 659 g/mol. The van der Waals surface area contributed by atoms with Gasteiger partial charge in [0.05, 0.1) is 11.4 Å². The van der Waals surface area contributed by atoms with E-state index in [-0.39, 0.29) is 10.8 Å². The molecular formula is C48H38N2O. The molecule has 0 spiro atoms. The van der Waals surface area contributed by atoms with Crippen molar-refractivity contribution in [1.82, 2.24) is 0 Å². The maximum atomic E-state index is 6.39. The molecule has 3 heteroatoms. The van der Waals surface area contributed by atoms with Crippen molar-refractivity contribution in [3.05, 3.63) is 172 Å². The molecular weight excluding hydrogens is 621 g/mol. The second-order valence-corrected chi connectivity index (χ2v) is 15.2. The quantitative estimate of drug-likeness (QED) is 0.186. The molecule has 0 radical (unpaired) electrons. The maximum absolute atomic E-state index is 6.39. The Morgan fingerprint density at radius 2 is 1.27 bits per heavy atom. The molecule has 10 rings (SSSR count). The average Bonchev–Trinajstić information content (AvgIpc) is 3.71. The first kappa shape index (κ1) is 30.1. The molecule has 2 heterocycles. The minimum Gasteiger partial charge on any atom is -0.456 e. The van der Waals surface area contributed by atoms with Crippen LogP contribution in [0.3, 0.4) is 0 Å². The summed E-state index contributed by atoms with van der Waals surface area (Å²) >= 11 is 0. The van der Waals surface area contributed by atoms with E-state index in [1.165, 1.54) is 49.9 Å². The van der Waals surface area contributed by atoms with Crippen LogP contribution < -0.4 is 0 Å². The molecule has 6 aromatic carbocycles. The minimum atomic E-state index is -0.250. The Kier molecular flexibility index (Phi) is 6.39. The van der Waals surface area contributed by atoms with Crippen LogP contribution in [0.4, 0.5) is 0 Å². The fourth-order valence-electron chi connectivity index (χ4n) is 9.08. The summed E-state index contributed by atoms with van der Waals surface area (Å²) in [7, 11) is 0. The molecule has 3 aliphatic rings. The highest BCUT2D eigenvalue weighted by molar-refractivity contribution is 6.18. The van der Waals surface area contributed by atoms with E-state index < -0.39 is 0 Å². The number of benzene rings is 6. The van der Waals surface area contributed by atoms with Gasteiger partial charge in [0.25, 0.3) is 0 Å². The van der Waals surface area contributed by atoms with Gasteiger partial charge in [-0.2, -0.15) is 0 Å². The van der Waals surface area contributed by atoms with E-state index in [0.717, 1.165) is 63.3 Å². The molecule has 51 heavy (non-hydrogen) atoms. The van der Waals surface area contributed by atoms with Crippen molar-refractivity contribution in [1.29, 1.82) is 0 Å².